The van der Waals surface area contributed by atoms with Crippen LogP contribution in [0.2, 0.25) is 0 Å². The zero-order valence-electron chi connectivity index (χ0n) is 19.3. The Hall–Kier alpha value is -3.11. The Balaban J connectivity index is 1.59. The fourth-order valence-corrected chi connectivity index (χ4v) is 4.32. The molecular weight excluding hydrogens is 424 g/mol. The van der Waals surface area contributed by atoms with Crippen molar-refractivity contribution in [1.29, 1.82) is 0 Å². The van der Waals surface area contributed by atoms with Crippen LogP contribution in [0.1, 0.15) is 42.3 Å². The Bertz CT molecular complexity index is 1180. The van der Waals surface area contributed by atoms with E-state index >= 15 is 0 Å². The Morgan fingerprint density at radius 2 is 2.15 bits per heavy atom. The Morgan fingerprint density at radius 3 is 2.91 bits per heavy atom. The first-order chi connectivity index (χ1) is 15.9. The largest absolute Gasteiger partial charge is 0.465 e. The molecule has 1 saturated heterocycles. The van der Waals surface area contributed by atoms with Crippen LogP contribution >= 0.6 is 0 Å². The van der Waals surface area contributed by atoms with Gasteiger partial charge in [0.25, 0.3) is 5.56 Å². The van der Waals surface area contributed by atoms with E-state index in [2.05, 4.69) is 31.5 Å². The van der Waals surface area contributed by atoms with Crippen LogP contribution in [0.15, 0.2) is 23.0 Å². The SMILES string of the molecule is CCOC(=O)Cn1nnnc1CN(Cc1cc2c(C)cc(C)cc2[nH]c1=O)CC1CCCO1. The van der Waals surface area contributed by atoms with Crippen molar-refractivity contribution >= 4 is 16.9 Å². The van der Waals surface area contributed by atoms with Crippen molar-refractivity contribution in [3.8, 4) is 0 Å². The number of aryl methyl sites for hydroxylation is 2. The summed E-state index contributed by atoms with van der Waals surface area (Å²) in [5, 5.41) is 12.8. The summed E-state index contributed by atoms with van der Waals surface area (Å²) in [5.41, 5.74) is 3.61. The summed E-state index contributed by atoms with van der Waals surface area (Å²) < 4.78 is 12.3. The Morgan fingerprint density at radius 1 is 1.30 bits per heavy atom. The van der Waals surface area contributed by atoms with E-state index in [0.29, 0.717) is 37.6 Å². The number of carbonyl (C=O) groups is 1. The summed E-state index contributed by atoms with van der Waals surface area (Å²) in [5.74, 6) is 0.138. The molecule has 176 valence electrons. The van der Waals surface area contributed by atoms with E-state index in [9.17, 15) is 9.59 Å². The normalized spacial score (nSPS) is 16.1. The molecule has 0 amide bonds. The zero-order valence-corrected chi connectivity index (χ0v) is 19.3. The van der Waals surface area contributed by atoms with Crippen molar-refractivity contribution in [3.05, 3.63) is 51.1 Å². The summed E-state index contributed by atoms with van der Waals surface area (Å²) in [6, 6.07) is 6.06. The van der Waals surface area contributed by atoms with Crippen molar-refractivity contribution < 1.29 is 14.3 Å². The highest BCUT2D eigenvalue weighted by atomic mass is 16.5. The molecule has 2 aromatic heterocycles. The molecule has 0 saturated carbocycles. The number of esters is 1. The van der Waals surface area contributed by atoms with E-state index in [0.717, 1.165) is 41.5 Å². The summed E-state index contributed by atoms with van der Waals surface area (Å²) in [6.45, 7) is 8.22. The molecule has 0 spiro atoms. The minimum Gasteiger partial charge on any atom is -0.465 e. The lowest BCUT2D eigenvalue weighted by atomic mass is 10.0. The first kappa shape index (κ1) is 23.1. The third-order valence-electron chi connectivity index (χ3n) is 5.82. The maximum atomic E-state index is 12.9. The number of H-pyrrole nitrogens is 1. The van der Waals surface area contributed by atoms with Gasteiger partial charge in [-0.05, 0) is 67.3 Å². The van der Waals surface area contributed by atoms with Crippen molar-refractivity contribution in [2.75, 3.05) is 19.8 Å². The number of rotatable bonds is 9. The topological polar surface area (TPSA) is 115 Å². The number of carbonyl (C=O) groups excluding carboxylic acids is 1. The van der Waals surface area contributed by atoms with E-state index in [4.69, 9.17) is 9.47 Å². The van der Waals surface area contributed by atoms with Crippen LogP contribution in [-0.4, -0.2) is 61.9 Å². The van der Waals surface area contributed by atoms with Gasteiger partial charge in [0.15, 0.2) is 5.82 Å². The molecule has 33 heavy (non-hydrogen) atoms. The number of ether oxygens (including phenoxy) is 2. The zero-order chi connectivity index (χ0) is 23.4. The highest BCUT2D eigenvalue weighted by Crippen LogP contribution is 2.20. The van der Waals surface area contributed by atoms with Gasteiger partial charge in [0, 0.05) is 36.2 Å². The van der Waals surface area contributed by atoms with Crippen molar-refractivity contribution in [3.63, 3.8) is 0 Å². The fraction of sp³-hybridized carbons (Fsp3) is 0.522. The standard InChI is InChI=1S/C23H30N6O4/c1-4-32-22(30)14-29-21(25-26-27-29)13-28(12-18-6-5-7-33-18)11-17-10-19-16(3)8-15(2)9-20(19)24-23(17)31/h8-10,18H,4-7,11-14H2,1-3H3,(H,24,31). The third-order valence-corrected chi connectivity index (χ3v) is 5.82. The molecule has 1 unspecified atom stereocenters. The maximum absolute atomic E-state index is 12.9. The van der Waals surface area contributed by atoms with Crippen LogP contribution in [0.5, 0.6) is 0 Å². The molecule has 1 N–H and O–H groups in total. The third kappa shape index (κ3) is 5.63. The Labute approximate surface area is 191 Å². The molecular formula is C23H30N6O4. The van der Waals surface area contributed by atoms with E-state index in [1.807, 2.05) is 26.0 Å². The van der Waals surface area contributed by atoms with Gasteiger partial charge in [-0.15, -0.1) is 5.10 Å². The van der Waals surface area contributed by atoms with E-state index < -0.39 is 5.97 Å². The highest BCUT2D eigenvalue weighted by Gasteiger charge is 2.23. The number of fused-ring (bicyclic) bond motifs is 1. The second-order valence-corrected chi connectivity index (χ2v) is 8.53. The second-order valence-electron chi connectivity index (χ2n) is 8.53. The molecule has 1 fully saturated rings. The smallest absolute Gasteiger partial charge is 0.327 e. The number of aromatic amines is 1. The first-order valence-electron chi connectivity index (χ1n) is 11.3. The van der Waals surface area contributed by atoms with Gasteiger partial charge in [-0.1, -0.05) is 6.07 Å². The van der Waals surface area contributed by atoms with Gasteiger partial charge in [-0.25, -0.2) is 4.68 Å². The van der Waals surface area contributed by atoms with Gasteiger partial charge < -0.3 is 14.5 Å². The fourth-order valence-electron chi connectivity index (χ4n) is 4.32. The molecule has 3 heterocycles. The van der Waals surface area contributed by atoms with Crippen LogP contribution in [0, 0.1) is 13.8 Å². The molecule has 10 heteroatoms. The van der Waals surface area contributed by atoms with Crippen molar-refractivity contribution in [2.45, 2.75) is 59.4 Å². The quantitative estimate of drug-likeness (QED) is 0.487. The summed E-state index contributed by atoms with van der Waals surface area (Å²) >= 11 is 0. The number of aromatic nitrogens is 5. The van der Waals surface area contributed by atoms with Crippen LogP contribution in [-0.2, 0) is 33.9 Å². The first-order valence-corrected chi connectivity index (χ1v) is 11.3. The highest BCUT2D eigenvalue weighted by molar-refractivity contribution is 5.83. The van der Waals surface area contributed by atoms with Crippen molar-refractivity contribution in [1.82, 2.24) is 30.1 Å². The second kappa shape index (κ2) is 10.2. The van der Waals surface area contributed by atoms with Crippen LogP contribution in [0.25, 0.3) is 10.9 Å². The van der Waals surface area contributed by atoms with Gasteiger partial charge in [0.05, 0.1) is 19.3 Å². The minimum atomic E-state index is -0.395. The number of hydrogen-bond donors (Lipinski definition) is 1. The number of nitrogens with zero attached hydrogens (tertiary/aromatic N) is 5. The number of hydrogen-bond acceptors (Lipinski definition) is 8. The predicted molar refractivity (Wildman–Crippen MR) is 122 cm³/mol. The summed E-state index contributed by atoms with van der Waals surface area (Å²) in [7, 11) is 0. The molecule has 0 bridgehead atoms. The van der Waals surface area contributed by atoms with Crippen molar-refractivity contribution in [2.24, 2.45) is 0 Å². The van der Waals surface area contributed by atoms with E-state index in [-0.39, 0.29) is 18.2 Å². The van der Waals surface area contributed by atoms with Gasteiger partial charge in [-0.3, -0.25) is 14.5 Å². The average molecular weight is 455 g/mol. The van der Waals surface area contributed by atoms with Crippen LogP contribution < -0.4 is 5.56 Å². The van der Waals surface area contributed by atoms with Gasteiger partial charge in [0.1, 0.15) is 6.54 Å². The molecule has 1 aliphatic rings. The lowest BCUT2D eigenvalue weighted by molar-refractivity contribution is -0.144. The van der Waals surface area contributed by atoms with Gasteiger partial charge in [-0.2, -0.15) is 0 Å². The number of pyridine rings is 1. The van der Waals surface area contributed by atoms with E-state index in [1.165, 1.54) is 4.68 Å². The molecule has 0 radical (unpaired) electrons. The molecule has 10 nitrogen and oxygen atoms in total. The number of benzene rings is 1. The summed E-state index contributed by atoms with van der Waals surface area (Å²) in [6.07, 6.45) is 2.08. The molecule has 0 aliphatic carbocycles. The molecule has 3 aromatic rings. The Kier molecular flexibility index (Phi) is 7.14. The monoisotopic (exact) mass is 454 g/mol. The lowest BCUT2D eigenvalue weighted by Gasteiger charge is -2.24. The summed E-state index contributed by atoms with van der Waals surface area (Å²) in [4.78, 5) is 30.0. The number of tetrazole rings is 1. The van der Waals surface area contributed by atoms with Crippen LogP contribution in [0.4, 0.5) is 0 Å². The van der Waals surface area contributed by atoms with Gasteiger partial charge >= 0.3 is 5.97 Å². The number of nitrogens with one attached hydrogen (secondary N) is 1. The molecule has 4 rings (SSSR count). The molecule has 1 aromatic carbocycles. The van der Waals surface area contributed by atoms with Crippen LogP contribution in [0.3, 0.4) is 0 Å². The lowest BCUT2D eigenvalue weighted by Crippen LogP contribution is -2.34. The minimum absolute atomic E-state index is 0.0565. The molecule has 1 aliphatic heterocycles. The van der Waals surface area contributed by atoms with Gasteiger partial charge in [0.2, 0.25) is 0 Å². The van der Waals surface area contributed by atoms with E-state index in [1.54, 1.807) is 6.92 Å². The maximum Gasteiger partial charge on any atom is 0.327 e. The predicted octanol–water partition coefficient (Wildman–Crippen LogP) is 1.88. The molecule has 1 atom stereocenters. The average Bonchev–Trinajstić information content (AvgIpc) is 3.41.